The summed E-state index contributed by atoms with van der Waals surface area (Å²) in [5, 5.41) is 72.4. The smallest absolute Gasteiger partial charge is 0.306 e. The van der Waals surface area contributed by atoms with E-state index in [1.807, 2.05) is 0 Å². The van der Waals surface area contributed by atoms with Crippen molar-refractivity contribution < 1.29 is 73.8 Å². The largest absolute Gasteiger partial charge is 0.462 e. The Hall–Kier alpha value is -2.28. The van der Waals surface area contributed by atoms with E-state index in [0.717, 1.165) is 51.4 Å². The number of ether oxygens (including phenoxy) is 6. The van der Waals surface area contributed by atoms with Crippen LogP contribution in [-0.2, 0) is 38.0 Å². The van der Waals surface area contributed by atoms with Crippen LogP contribution in [-0.4, -0.2) is 142 Å². The second-order valence-electron chi connectivity index (χ2n) is 22.2. The second kappa shape index (κ2) is 49.3. The molecule has 0 saturated carbocycles. The normalized spacial score (nSPS) is 24.2. The van der Waals surface area contributed by atoms with Crippen molar-refractivity contribution in [3.63, 3.8) is 0 Å². The van der Waals surface area contributed by atoms with Crippen LogP contribution in [0.2, 0.25) is 0 Å². The Labute approximate surface area is 472 Å². The molecule has 456 valence electrons. The average Bonchev–Trinajstić information content (AvgIpc) is 3.43. The third-order valence-corrected chi connectivity index (χ3v) is 15.1. The first-order valence-corrected chi connectivity index (χ1v) is 31.6. The number of hydrogen-bond donors (Lipinski definition) is 7. The minimum absolute atomic E-state index is 0.156. The molecule has 2 heterocycles. The fraction of sp³-hybridized carbons (Fsp3) is 0.873. The van der Waals surface area contributed by atoms with Crippen molar-refractivity contribution in [2.24, 2.45) is 0 Å². The monoisotopic (exact) mass is 1110 g/mol. The van der Waals surface area contributed by atoms with E-state index in [9.17, 15) is 45.3 Å². The molecule has 2 aliphatic rings. The van der Waals surface area contributed by atoms with E-state index in [-0.39, 0.29) is 19.4 Å². The lowest BCUT2D eigenvalue weighted by Crippen LogP contribution is -2.61. The predicted molar refractivity (Wildman–Crippen MR) is 307 cm³/mol. The molecule has 0 amide bonds. The predicted octanol–water partition coefficient (Wildman–Crippen LogP) is 11.6. The Morgan fingerprint density at radius 3 is 1.21 bits per heavy atom. The Balaban J connectivity index is 1.73. The summed E-state index contributed by atoms with van der Waals surface area (Å²) < 4.78 is 33.7. The fourth-order valence-corrected chi connectivity index (χ4v) is 9.94. The Bertz CT molecular complexity index is 1490. The summed E-state index contributed by atoms with van der Waals surface area (Å²) in [6, 6.07) is 0. The summed E-state index contributed by atoms with van der Waals surface area (Å²) in [4.78, 5) is 25.9. The van der Waals surface area contributed by atoms with Crippen molar-refractivity contribution in [3.8, 4) is 0 Å². The molecule has 0 aliphatic carbocycles. The van der Waals surface area contributed by atoms with Gasteiger partial charge in [-0.15, -0.1) is 0 Å². The number of allylic oxidation sites excluding steroid dienone is 6. The van der Waals surface area contributed by atoms with Gasteiger partial charge in [0.15, 0.2) is 18.7 Å². The van der Waals surface area contributed by atoms with Gasteiger partial charge in [-0.3, -0.25) is 9.59 Å². The van der Waals surface area contributed by atoms with Gasteiger partial charge in [0.2, 0.25) is 0 Å². The van der Waals surface area contributed by atoms with Crippen molar-refractivity contribution >= 4 is 11.9 Å². The zero-order valence-electron chi connectivity index (χ0n) is 48.9. The highest BCUT2D eigenvalue weighted by Crippen LogP contribution is 2.27. The van der Waals surface area contributed by atoms with Crippen molar-refractivity contribution in [2.45, 2.75) is 325 Å². The van der Waals surface area contributed by atoms with E-state index in [1.165, 1.54) is 161 Å². The van der Waals surface area contributed by atoms with Gasteiger partial charge < -0.3 is 64.2 Å². The average molecular weight is 1110 g/mol. The van der Waals surface area contributed by atoms with Crippen molar-refractivity contribution in [3.05, 3.63) is 36.5 Å². The van der Waals surface area contributed by atoms with Crippen LogP contribution in [0.4, 0.5) is 0 Å². The standard InChI is InChI=1S/C63H114O15/c1-3-5-7-9-11-13-15-17-19-21-23-24-25-26-28-29-31-33-35-37-39-41-43-45-54(65)73-48-51(76-55(66)46-44-42-40-38-36-34-32-30-27-22-20-18-16-14-12-10-8-6-4-2)49-74-62-61(72)59(70)57(68)53(78-62)50-75-63-60(71)58(69)56(67)52(47-64)77-63/h18,20,29,31,37,39,51-53,56-64,67-72H,3-17,19,21-28,30,32-36,38,40-50H2,1-2H3/b20-18+,31-29+,39-37+/t51-,52+,53+,56-,57-,58?,59?,60?,61?,62+,63+/m0/s1. The third kappa shape index (κ3) is 35.5. The van der Waals surface area contributed by atoms with E-state index in [4.69, 9.17) is 28.4 Å². The summed E-state index contributed by atoms with van der Waals surface area (Å²) in [5.74, 6) is -0.966. The molecule has 15 nitrogen and oxygen atoms in total. The van der Waals surface area contributed by atoms with Crippen LogP contribution in [0, 0.1) is 0 Å². The molecule has 2 aliphatic heterocycles. The number of hydrogen-bond acceptors (Lipinski definition) is 15. The zero-order chi connectivity index (χ0) is 56.7. The highest BCUT2D eigenvalue weighted by Gasteiger charge is 2.47. The van der Waals surface area contributed by atoms with Gasteiger partial charge in [-0.2, -0.15) is 0 Å². The van der Waals surface area contributed by atoms with Crippen LogP contribution in [0.3, 0.4) is 0 Å². The SMILES string of the molecule is CCCCCCCC/C=C/CCCCCCCCCCCC(=O)O[C@@H](COC(=O)CCC/C=C/CC/C=C/CCCCCCCCCCCCCCCC)CO[C@@H]1O[C@H](CO[C@@H]2O[C@H](CO)[C@H](O)C(O)C2O)[C@H](O)C(O)C1O. The molecule has 7 N–H and O–H groups in total. The molecule has 2 rings (SSSR count). The van der Waals surface area contributed by atoms with E-state index in [0.29, 0.717) is 19.3 Å². The molecule has 0 bridgehead atoms. The number of esters is 2. The summed E-state index contributed by atoms with van der Waals surface area (Å²) in [5.41, 5.74) is 0. The maximum atomic E-state index is 13.1. The lowest BCUT2D eigenvalue weighted by atomic mass is 9.98. The first kappa shape index (κ1) is 71.8. The van der Waals surface area contributed by atoms with Crippen LogP contribution in [0.5, 0.6) is 0 Å². The molecule has 0 aromatic heterocycles. The summed E-state index contributed by atoms with van der Waals surface area (Å²) in [6.45, 7) is 2.60. The molecular weight excluding hydrogens is 997 g/mol. The summed E-state index contributed by atoms with van der Waals surface area (Å²) in [6.07, 6.45) is 40.3. The van der Waals surface area contributed by atoms with Gasteiger partial charge in [0, 0.05) is 12.8 Å². The van der Waals surface area contributed by atoms with Gasteiger partial charge in [-0.05, 0) is 70.6 Å². The van der Waals surface area contributed by atoms with Gasteiger partial charge in [0.25, 0.3) is 0 Å². The third-order valence-electron chi connectivity index (χ3n) is 15.1. The second-order valence-corrected chi connectivity index (χ2v) is 22.2. The van der Waals surface area contributed by atoms with E-state index in [1.54, 1.807) is 0 Å². The first-order valence-electron chi connectivity index (χ1n) is 31.6. The van der Waals surface area contributed by atoms with Gasteiger partial charge in [-0.1, -0.05) is 211 Å². The molecule has 0 spiro atoms. The highest BCUT2D eigenvalue weighted by atomic mass is 16.7. The Kier molecular flexibility index (Phi) is 45.4. The topological polar surface area (TPSA) is 231 Å². The number of aliphatic hydroxyl groups is 7. The molecule has 4 unspecified atom stereocenters. The minimum atomic E-state index is -1.77. The van der Waals surface area contributed by atoms with Crippen LogP contribution in [0.15, 0.2) is 36.5 Å². The van der Waals surface area contributed by atoms with Gasteiger partial charge in [-0.25, -0.2) is 0 Å². The highest BCUT2D eigenvalue weighted by molar-refractivity contribution is 5.70. The number of carbonyl (C=O) groups is 2. The van der Waals surface area contributed by atoms with E-state index < -0.39 is 99.3 Å². The molecular formula is C63H114O15. The Morgan fingerprint density at radius 1 is 0.397 bits per heavy atom. The number of rotatable bonds is 51. The summed E-state index contributed by atoms with van der Waals surface area (Å²) >= 11 is 0. The van der Waals surface area contributed by atoms with Crippen LogP contribution in [0.25, 0.3) is 0 Å². The number of unbranched alkanes of at least 4 members (excludes halogenated alkanes) is 31. The lowest BCUT2D eigenvalue weighted by Gasteiger charge is -2.42. The molecule has 15 heteroatoms. The summed E-state index contributed by atoms with van der Waals surface area (Å²) in [7, 11) is 0. The van der Waals surface area contributed by atoms with Crippen LogP contribution < -0.4 is 0 Å². The van der Waals surface area contributed by atoms with Crippen molar-refractivity contribution in [1.29, 1.82) is 0 Å². The van der Waals surface area contributed by atoms with E-state index >= 15 is 0 Å². The van der Waals surface area contributed by atoms with Crippen molar-refractivity contribution in [1.82, 2.24) is 0 Å². The maximum absolute atomic E-state index is 13.1. The molecule has 2 saturated heterocycles. The van der Waals surface area contributed by atoms with Gasteiger partial charge in [0.05, 0.1) is 19.8 Å². The molecule has 0 radical (unpaired) electrons. The number of aliphatic hydroxyl groups excluding tert-OH is 7. The quantitative estimate of drug-likeness (QED) is 0.0171. The fourth-order valence-electron chi connectivity index (χ4n) is 9.94. The first-order chi connectivity index (χ1) is 38.0. The molecule has 0 aromatic rings. The van der Waals surface area contributed by atoms with E-state index in [2.05, 4.69) is 50.3 Å². The van der Waals surface area contributed by atoms with Gasteiger partial charge in [0.1, 0.15) is 55.4 Å². The Morgan fingerprint density at radius 2 is 0.756 bits per heavy atom. The molecule has 0 aromatic carbocycles. The van der Waals surface area contributed by atoms with Crippen LogP contribution in [0.1, 0.15) is 258 Å². The molecule has 78 heavy (non-hydrogen) atoms. The van der Waals surface area contributed by atoms with Crippen LogP contribution >= 0.6 is 0 Å². The minimum Gasteiger partial charge on any atom is -0.462 e. The molecule has 11 atom stereocenters. The molecule has 2 fully saturated rings. The zero-order valence-corrected chi connectivity index (χ0v) is 48.9. The number of carbonyl (C=O) groups excluding carboxylic acids is 2. The maximum Gasteiger partial charge on any atom is 0.306 e. The van der Waals surface area contributed by atoms with Gasteiger partial charge >= 0.3 is 11.9 Å². The van der Waals surface area contributed by atoms with Crippen molar-refractivity contribution in [2.75, 3.05) is 26.4 Å². The lowest BCUT2D eigenvalue weighted by molar-refractivity contribution is -0.332.